The Balaban J connectivity index is 1.55. The van der Waals surface area contributed by atoms with Gasteiger partial charge in [-0.15, -0.1) is 10.2 Å². The highest BCUT2D eigenvalue weighted by Gasteiger charge is 2.19. The number of nitrogens with zero attached hydrogens (tertiary/aromatic N) is 4. The van der Waals surface area contributed by atoms with E-state index in [1.807, 2.05) is 0 Å². The van der Waals surface area contributed by atoms with E-state index in [0.717, 1.165) is 0 Å². The Morgan fingerprint density at radius 2 is 1.82 bits per heavy atom. The van der Waals surface area contributed by atoms with Gasteiger partial charge in [0.2, 0.25) is 5.91 Å². The molecule has 0 bridgehead atoms. The first-order valence-electron chi connectivity index (χ1n) is 9.79. The third-order valence-electron chi connectivity index (χ3n) is 4.65. The molecule has 0 aliphatic carbocycles. The lowest BCUT2D eigenvalue weighted by atomic mass is 10.2. The number of rotatable bonds is 9. The van der Waals surface area contributed by atoms with Crippen LogP contribution in [0.2, 0.25) is 0 Å². The molecule has 3 aromatic rings. The van der Waals surface area contributed by atoms with E-state index in [2.05, 4.69) is 20.8 Å². The highest BCUT2D eigenvalue weighted by Crippen LogP contribution is 2.21. The Morgan fingerprint density at radius 1 is 1.15 bits per heavy atom. The number of non-ortho nitro benzene ring substituents is 1. The summed E-state index contributed by atoms with van der Waals surface area (Å²) in [7, 11) is 3.31. The molecular weight excluding hydrogens is 448 g/mol. The van der Waals surface area contributed by atoms with Gasteiger partial charge >= 0.3 is 0 Å². The maximum atomic E-state index is 12.5. The maximum Gasteiger partial charge on any atom is 0.269 e. The van der Waals surface area contributed by atoms with Gasteiger partial charge in [0.1, 0.15) is 5.75 Å². The van der Waals surface area contributed by atoms with Crippen LogP contribution in [0.5, 0.6) is 5.75 Å². The summed E-state index contributed by atoms with van der Waals surface area (Å²) in [5, 5.41) is 25.0. The van der Waals surface area contributed by atoms with Gasteiger partial charge in [-0.25, -0.2) is 0 Å². The van der Waals surface area contributed by atoms with Crippen molar-refractivity contribution in [3.63, 3.8) is 0 Å². The predicted molar refractivity (Wildman–Crippen MR) is 122 cm³/mol. The van der Waals surface area contributed by atoms with Gasteiger partial charge in [0.15, 0.2) is 11.0 Å². The van der Waals surface area contributed by atoms with Crippen molar-refractivity contribution in [3.8, 4) is 5.75 Å². The monoisotopic (exact) mass is 470 g/mol. The van der Waals surface area contributed by atoms with Crippen LogP contribution in [0.3, 0.4) is 0 Å². The Kier molecular flexibility index (Phi) is 7.61. The van der Waals surface area contributed by atoms with Crippen molar-refractivity contribution in [1.82, 2.24) is 20.1 Å². The van der Waals surface area contributed by atoms with Crippen LogP contribution in [-0.2, 0) is 11.8 Å². The first-order valence-corrected chi connectivity index (χ1v) is 10.8. The summed E-state index contributed by atoms with van der Waals surface area (Å²) in [4.78, 5) is 34.9. The molecule has 0 saturated heterocycles. The maximum absolute atomic E-state index is 12.5. The zero-order valence-corrected chi connectivity index (χ0v) is 19.0. The zero-order valence-electron chi connectivity index (χ0n) is 18.1. The fourth-order valence-electron chi connectivity index (χ4n) is 2.91. The first-order chi connectivity index (χ1) is 15.8. The summed E-state index contributed by atoms with van der Waals surface area (Å²) >= 11 is 1.18. The van der Waals surface area contributed by atoms with Gasteiger partial charge in [-0.3, -0.25) is 19.7 Å². The highest BCUT2D eigenvalue weighted by atomic mass is 32.2. The molecule has 1 unspecified atom stereocenters. The van der Waals surface area contributed by atoms with Crippen molar-refractivity contribution in [3.05, 3.63) is 70.0 Å². The molecule has 2 aromatic carbocycles. The standard InChI is InChI=1S/C21H22N6O5S/c1-13(22-20(29)14-4-10-17(32-3)11-5-14)19-24-25-21(26(19)2)33-12-18(28)23-15-6-8-16(9-7-15)27(30)31/h4-11,13H,12H2,1-3H3,(H,22,29)(H,23,28). The molecule has 3 rings (SSSR count). The number of hydrogen-bond donors (Lipinski definition) is 2. The molecule has 12 heteroatoms. The third kappa shape index (κ3) is 6.07. The molecule has 0 spiro atoms. The second-order valence-corrected chi connectivity index (χ2v) is 7.91. The molecule has 0 fully saturated rings. The van der Waals surface area contributed by atoms with Crippen LogP contribution < -0.4 is 15.4 Å². The van der Waals surface area contributed by atoms with E-state index in [4.69, 9.17) is 4.74 Å². The third-order valence-corrected chi connectivity index (χ3v) is 5.67. The molecule has 1 atom stereocenters. The summed E-state index contributed by atoms with van der Waals surface area (Å²) in [5.41, 5.74) is 0.893. The number of benzene rings is 2. The van der Waals surface area contributed by atoms with E-state index in [1.165, 1.54) is 36.0 Å². The number of nitrogens with one attached hydrogen (secondary N) is 2. The van der Waals surface area contributed by atoms with Crippen molar-refractivity contribution in [2.24, 2.45) is 7.05 Å². The van der Waals surface area contributed by atoms with Gasteiger partial charge in [0, 0.05) is 30.4 Å². The number of nitro groups is 1. The number of ether oxygens (including phenoxy) is 1. The molecular formula is C21H22N6O5S. The van der Waals surface area contributed by atoms with Crippen molar-refractivity contribution in [1.29, 1.82) is 0 Å². The molecule has 0 saturated carbocycles. The van der Waals surface area contributed by atoms with E-state index in [-0.39, 0.29) is 23.3 Å². The van der Waals surface area contributed by atoms with Crippen molar-refractivity contribution in [2.45, 2.75) is 18.1 Å². The molecule has 33 heavy (non-hydrogen) atoms. The Morgan fingerprint density at radius 3 is 2.42 bits per heavy atom. The van der Waals surface area contributed by atoms with Crippen LogP contribution >= 0.6 is 11.8 Å². The second kappa shape index (κ2) is 10.6. The quantitative estimate of drug-likeness (QED) is 0.276. The van der Waals surface area contributed by atoms with E-state index >= 15 is 0 Å². The highest BCUT2D eigenvalue weighted by molar-refractivity contribution is 7.99. The normalized spacial score (nSPS) is 11.5. The summed E-state index contributed by atoms with van der Waals surface area (Å²) < 4.78 is 6.81. The predicted octanol–water partition coefficient (Wildman–Crippen LogP) is 2.95. The second-order valence-electron chi connectivity index (χ2n) is 6.96. The van der Waals surface area contributed by atoms with Gasteiger partial charge in [0.05, 0.1) is 23.8 Å². The zero-order chi connectivity index (χ0) is 24.0. The van der Waals surface area contributed by atoms with Crippen LogP contribution in [0, 0.1) is 10.1 Å². The fraction of sp³-hybridized carbons (Fsp3) is 0.238. The number of thioether (sulfide) groups is 1. The number of anilines is 1. The van der Waals surface area contributed by atoms with E-state index < -0.39 is 11.0 Å². The van der Waals surface area contributed by atoms with Crippen LogP contribution in [0.1, 0.15) is 29.1 Å². The number of aromatic nitrogens is 3. The van der Waals surface area contributed by atoms with Gasteiger partial charge in [-0.1, -0.05) is 11.8 Å². The van der Waals surface area contributed by atoms with Crippen molar-refractivity contribution in [2.75, 3.05) is 18.2 Å². The van der Waals surface area contributed by atoms with Gasteiger partial charge < -0.3 is 19.9 Å². The van der Waals surface area contributed by atoms with Crippen LogP contribution in [-0.4, -0.2) is 44.4 Å². The molecule has 0 aliphatic rings. The minimum Gasteiger partial charge on any atom is -0.497 e. The summed E-state index contributed by atoms with van der Waals surface area (Å²) in [6, 6.07) is 11.9. The molecule has 2 N–H and O–H groups in total. The number of nitro benzene ring substituents is 1. The molecule has 0 radical (unpaired) electrons. The molecule has 172 valence electrons. The first kappa shape index (κ1) is 23.7. The Hall–Kier alpha value is -3.93. The molecule has 11 nitrogen and oxygen atoms in total. The molecule has 0 aliphatic heterocycles. The van der Waals surface area contributed by atoms with Crippen molar-refractivity contribution < 1.29 is 19.2 Å². The number of methoxy groups -OCH3 is 1. The largest absolute Gasteiger partial charge is 0.497 e. The minimum absolute atomic E-state index is 0.0535. The van der Waals surface area contributed by atoms with Gasteiger partial charge in [0.25, 0.3) is 11.6 Å². The van der Waals surface area contributed by atoms with Crippen LogP contribution in [0.4, 0.5) is 11.4 Å². The summed E-state index contributed by atoms with van der Waals surface area (Å²) in [6.07, 6.45) is 0. The topological polar surface area (TPSA) is 141 Å². The minimum atomic E-state index is -0.506. The Labute approximate surface area is 193 Å². The van der Waals surface area contributed by atoms with Gasteiger partial charge in [-0.05, 0) is 43.3 Å². The number of hydrogen-bond acceptors (Lipinski definition) is 8. The number of carbonyl (C=O) groups is 2. The van der Waals surface area contributed by atoms with Gasteiger partial charge in [-0.2, -0.15) is 0 Å². The van der Waals surface area contributed by atoms with E-state index in [0.29, 0.717) is 28.0 Å². The molecule has 1 aromatic heterocycles. The smallest absolute Gasteiger partial charge is 0.269 e. The average molecular weight is 471 g/mol. The summed E-state index contributed by atoms with van der Waals surface area (Å²) in [5.74, 6) is 0.710. The van der Waals surface area contributed by atoms with Crippen LogP contribution in [0.15, 0.2) is 53.7 Å². The lowest BCUT2D eigenvalue weighted by molar-refractivity contribution is -0.384. The summed E-state index contributed by atoms with van der Waals surface area (Å²) in [6.45, 7) is 1.79. The molecule has 1 heterocycles. The molecule has 2 amide bonds. The lowest BCUT2D eigenvalue weighted by Gasteiger charge is -2.14. The van der Waals surface area contributed by atoms with Crippen molar-refractivity contribution >= 4 is 35.0 Å². The SMILES string of the molecule is COc1ccc(C(=O)NC(C)c2nnc(SCC(=O)Nc3ccc([N+](=O)[O-])cc3)n2C)cc1. The van der Waals surface area contributed by atoms with Crippen LogP contribution in [0.25, 0.3) is 0 Å². The fourth-order valence-corrected chi connectivity index (χ4v) is 3.63. The van der Waals surface area contributed by atoms with E-state index in [9.17, 15) is 19.7 Å². The number of carbonyl (C=O) groups excluding carboxylic acids is 2. The average Bonchev–Trinajstić information content (AvgIpc) is 3.18. The Bertz CT molecular complexity index is 1150. The number of amides is 2. The lowest BCUT2D eigenvalue weighted by Crippen LogP contribution is -2.28. The van der Waals surface area contributed by atoms with E-state index in [1.54, 1.807) is 49.9 Å².